The molecule has 0 atom stereocenters. The number of halogens is 1. The first-order valence-corrected chi connectivity index (χ1v) is 6.90. The number of hydrogen-bond donors (Lipinski definition) is 1. The van der Waals surface area contributed by atoms with Gasteiger partial charge in [-0.05, 0) is 18.1 Å². The third kappa shape index (κ3) is 5.25. The molecule has 17 heavy (non-hydrogen) atoms. The van der Waals surface area contributed by atoms with Crippen LogP contribution in [0.3, 0.4) is 0 Å². The summed E-state index contributed by atoms with van der Waals surface area (Å²) in [6.45, 7) is 0.551. The highest BCUT2D eigenvalue weighted by molar-refractivity contribution is 7.89. The van der Waals surface area contributed by atoms with E-state index in [9.17, 15) is 12.8 Å². The third-order valence-electron chi connectivity index (χ3n) is 2.23. The topological polar surface area (TPSA) is 55.4 Å². The van der Waals surface area contributed by atoms with Crippen LogP contribution in [-0.2, 0) is 21.2 Å². The Balaban J connectivity index is 2.47. The zero-order chi connectivity index (χ0) is 12.7. The van der Waals surface area contributed by atoms with Gasteiger partial charge in [-0.15, -0.1) is 0 Å². The van der Waals surface area contributed by atoms with Gasteiger partial charge in [0.1, 0.15) is 5.82 Å². The Labute approximate surface area is 101 Å². The van der Waals surface area contributed by atoms with Gasteiger partial charge < -0.3 is 4.74 Å². The van der Waals surface area contributed by atoms with Gasteiger partial charge in [0, 0.05) is 13.7 Å². The number of aryl methyl sites for hydroxylation is 1. The van der Waals surface area contributed by atoms with E-state index in [4.69, 9.17) is 4.74 Å². The third-order valence-corrected chi connectivity index (χ3v) is 3.61. The minimum absolute atomic E-state index is 0.127. The van der Waals surface area contributed by atoms with Crippen molar-refractivity contribution in [1.29, 1.82) is 0 Å². The molecular weight excluding hydrogens is 245 g/mol. The van der Waals surface area contributed by atoms with Crippen LogP contribution >= 0.6 is 0 Å². The molecule has 1 aromatic carbocycles. The number of rotatable bonds is 7. The standard InChI is InChI=1S/C11H16FNO3S/c1-16-8-7-13-17(14,15)9-6-10-4-2-3-5-11(10)12/h2-5,13H,6-9H2,1H3. The molecule has 1 N–H and O–H groups in total. The summed E-state index contributed by atoms with van der Waals surface area (Å²) in [4.78, 5) is 0. The van der Waals surface area contributed by atoms with Crippen LogP contribution in [0, 0.1) is 5.82 Å². The fourth-order valence-corrected chi connectivity index (χ4v) is 2.34. The maximum atomic E-state index is 13.2. The highest BCUT2D eigenvalue weighted by atomic mass is 32.2. The molecule has 0 radical (unpaired) electrons. The lowest BCUT2D eigenvalue weighted by atomic mass is 10.2. The Kier molecular flexibility index (Phi) is 5.54. The zero-order valence-electron chi connectivity index (χ0n) is 9.65. The quantitative estimate of drug-likeness (QED) is 0.743. The van der Waals surface area contributed by atoms with Crippen molar-refractivity contribution < 1.29 is 17.5 Å². The van der Waals surface area contributed by atoms with Crippen LogP contribution in [0.1, 0.15) is 5.56 Å². The second-order valence-electron chi connectivity index (χ2n) is 3.55. The molecule has 0 aliphatic rings. The smallest absolute Gasteiger partial charge is 0.212 e. The van der Waals surface area contributed by atoms with E-state index in [2.05, 4.69) is 4.72 Å². The number of benzene rings is 1. The lowest BCUT2D eigenvalue weighted by molar-refractivity contribution is 0.204. The summed E-state index contributed by atoms with van der Waals surface area (Å²) in [5.41, 5.74) is 0.407. The van der Waals surface area contributed by atoms with Crippen LogP contribution in [0.5, 0.6) is 0 Å². The molecule has 96 valence electrons. The Morgan fingerprint density at radius 3 is 2.71 bits per heavy atom. The molecule has 1 rings (SSSR count). The Morgan fingerprint density at radius 1 is 1.35 bits per heavy atom. The lowest BCUT2D eigenvalue weighted by Gasteiger charge is -2.06. The second kappa shape index (κ2) is 6.68. The summed E-state index contributed by atoms with van der Waals surface area (Å²) >= 11 is 0. The van der Waals surface area contributed by atoms with Crippen LogP contribution in [0.25, 0.3) is 0 Å². The van der Waals surface area contributed by atoms with Crippen LogP contribution in [0.4, 0.5) is 4.39 Å². The van der Waals surface area contributed by atoms with Crippen LogP contribution < -0.4 is 4.72 Å². The van der Waals surface area contributed by atoms with Gasteiger partial charge in [-0.2, -0.15) is 0 Å². The van der Waals surface area contributed by atoms with Gasteiger partial charge >= 0.3 is 0 Å². The molecule has 0 spiro atoms. The molecule has 0 amide bonds. The predicted molar refractivity (Wildman–Crippen MR) is 63.8 cm³/mol. The Bertz CT molecular complexity index is 448. The van der Waals surface area contributed by atoms with Gasteiger partial charge in [0.15, 0.2) is 0 Å². The van der Waals surface area contributed by atoms with Gasteiger partial charge in [-0.3, -0.25) is 0 Å². The zero-order valence-corrected chi connectivity index (χ0v) is 10.5. The Morgan fingerprint density at radius 2 is 2.06 bits per heavy atom. The molecule has 0 fully saturated rings. The van der Waals surface area contributed by atoms with Gasteiger partial charge in [-0.1, -0.05) is 18.2 Å². The molecule has 0 heterocycles. The first kappa shape index (κ1) is 14.1. The molecule has 1 aromatic rings. The molecule has 0 aliphatic heterocycles. The first-order chi connectivity index (χ1) is 8.05. The Hall–Kier alpha value is -0.980. The monoisotopic (exact) mass is 261 g/mol. The highest BCUT2D eigenvalue weighted by Crippen LogP contribution is 2.07. The van der Waals surface area contributed by atoms with Crippen molar-refractivity contribution >= 4 is 10.0 Å². The largest absolute Gasteiger partial charge is 0.383 e. The molecule has 0 bridgehead atoms. The van der Waals surface area contributed by atoms with Gasteiger partial charge in [-0.25, -0.2) is 17.5 Å². The molecule has 0 saturated heterocycles. The second-order valence-corrected chi connectivity index (χ2v) is 5.47. The van der Waals surface area contributed by atoms with Crippen molar-refractivity contribution in [3.8, 4) is 0 Å². The average molecular weight is 261 g/mol. The summed E-state index contributed by atoms with van der Waals surface area (Å²) in [5.74, 6) is -0.503. The predicted octanol–water partition coefficient (Wildman–Crippen LogP) is 0.934. The van der Waals surface area contributed by atoms with E-state index in [1.54, 1.807) is 18.2 Å². The summed E-state index contributed by atoms with van der Waals surface area (Å²) in [7, 11) is -1.87. The number of hydrogen-bond acceptors (Lipinski definition) is 3. The normalized spacial score (nSPS) is 11.6. The van der Waals surface area contributed by atoms with Crippen molar-refractivity contribution in [2.45, 2.75) is 6.42 Å². The van der Waals surface area contributed by atoms with Gasteiger partial charge in [0.2, 0.25) is 10.0 Å². The average Bonchev–Trinajstić information content (AvgIpc) is 2.28. The molecule has 0 saturated carbocycles. The molecule has 0 aromatic heterocycles. The molecule has 4 nitrogen and oxygen atoms in total. The maximum absolute atomic E-state index is 13.2. The van der Waals surface area contributed by atoms with E-state index in [0.29, 0.717) is 12.2 Å². The van der Waals surface area contributed by atoms with E-state index in [1.165, 1.54) is 13.2 Å². The minimum atomic E-state index is -3.37. The van der Waals surface area contributed by atoms with E-state index in [1.807, 2.05) is 0 Å². The molecule has 6 heteroatoms. The number of methoxy groups -OCH3 is 1. The van der Waals surface area contributed by atoms with Crippen molar-refractivity contribution in [1.82, 2.24) is 4.72 Å². The molecular formula is C11H16FNO3S. The number of nitrogens with one attached hydrogen (secondary N) is 1. The SMILES string of the molecule is COCCNS(=O)(=O)CCc1ccccc1F. The lowest BCUT2D eigenvalue weighted by Crippen LogP contribution is -2.30. The van der Waals surface area contributed by atoms with Gasteiger partial charge in [0.25, 0.3) is 0 Å². The fourth-order valence-electron chi connectivity index (χ4n) is 1.32. The van der Waals surface area contributed by atoms with E-state index in [0.717, 1.165) is 0 Å². The van der Waals surface area contributed by atoms with Crippen molar-refractivity contribution in [3.05, 3.63) is 35.6 Å². The van der Waals surface area contributed by atoms with Crippen LogP contribution in [0.15, 0.2) is 24.3 Å². The van der Waals surface area contributed by atoms with Crippen LogP contribution in [0.2, 0.25) is 0 Å². The summed E-state index contributed by atoms with van der Waals surface area (Å²) in [6, 6.07) is 6.16. The highest BCUT2D eigenvalue weighted by Gasteiger charge is 2.11. The number of ether oxygens (including phenoxy) is 1. The van der Waals surface area contributed by atoms with Crippen molar-refractivity contribution in [2.24, 2.45) is 0 Å². The van der Waals surface area contributed by atoms with E-state index < -0.39 is 10.0 Å². The fraction of sp³-hybridized carbons (Fsp3) is 0.455. The van der Waals surface area contributed by atoms with Crippen molar-refractivity contribution in [3.63, 3.8) is 0 Å². The summed E-state index contributed by atoms with van der Waals surface area (Å²) in [5, 5.41) is 0. The van der Waals surface area contributed by atoms with E-state index >= 15 is 0 Å². The summed E-state index contributed by atoms with van der Waals surface area (Å²) < 4.78 is 43.3. The van der Waals surface area contributed by atoms with E-state index in [-0.39, 0.29) is 24.5 Å². The molecule has 0 unspecified atom stereocenters. The van der Waals surface area contributed by atoms with Crippen LogP contribution in [-0.4, -0.2) is 34.4 Å². The van der Waals surface area contributed by atoms with Crippen molar-refractivity contribution in [2.75, 3.05) is 26.0 Å². The minimum Gasteiger partial charge on any atom is -0.383 e. The first-order valence-electron chi connectivity index (χ1n) is 5.25. The maximum Gasteiger partial charge on any atom is 0.212 e. The summed E-state index contributed by atoms with van der Waals surface area (Å²) in [6.07, 6.45) is 0.162. The molecule has 0 aliphatic carbocycles. The van der Waals surface area contributed by atoms with Gasteiger partial charge in [0.05, 0.1) is 12.4 Å². The number of sulfonamides is 1.